The summed E-state index contributed by atoms with van der Waals surface area (Å²) in [6, 6.07) is 6.46. The van der Waals surface area contributed by atoms with Gasteiger partial charge in [0.15, 0.2) is 5.82 Å². The van der Waals surface area contributed by atoms with Gasteiger partial charge in [-0.05, 0) is 31.2 Å². The van der Waals surface area contributed by atoms with Crippen LogP contribution in [-0.4, -0.2) is 29.7 Å². The first-order valence-electron chi connectivity index (χ1n) is 5.27. The molecule has 0 saturated heterocycles. The molecule has 0 radical (unpaired) electrons. The number of benzene rings is 1. The third-order valence-electron chi connectivity index (χ3n) is 2.36. The average molecular weight is 281 g/mol. The summed E-state index contributed by atoms with van der Waals surface area (Å²) < 4.78 is 26.2. The van der Waals surface area contributed by atoms with Gasteiger partial charge in [-0.25, -0.2) is 13.2 Å². The van der Waals surface area contributed by atoms with Crippen molar-refractivity contribution in [1.82, 2.24) is 10.2 Å². The zero-order valence-corrected chi connectivity index (χ0v) is 10.7. The normalized spacial score (nSPS) is 11.2. The number of aromatic amines is 1. The summed E-state index contributed by atoms with van der Waals surface area (Å²) >= 11 is 0. The molecular formula is C11H11N3O4S. The lowest BCUT2D eigenvalue weighted by atomic mass is 10.2. The highest BCUT2D eigenvalue weighted by Crippen LogP contribution is 2.15. The zero-order valence-electron chi connectivity index (χ0n) is 9.91. The molecular weight excluding hydrogens is 270 g/mol. The summed E-state index contributed by atoms with van der Waals surface area (Å²) in [6.07, 6.45) is 0. The second-order valence-electron chi connectivity index (χ2n) is 3.87. The number of aromatic carboxylic acids is 1. The number of carboxylic acids is 1. The molecule has 0 aliphatic rings. The molecule has 7 nitrogen and oxygen atoms in total. The number of aryl methyl sites for hydroxylation is 1. The first-order chi connectivity index (χ1) is 8.88. The van der Waals surface area contributed by atoms with Crippen molar-refractivity contribution in [2.75, 3.05) is 4.72 Å². The Bertz CT molecular complexity index is 704. The molecule has 2 rings (SSSR count). The van der Waals surface area contributed by atoms with Crippen LogP contribution in [0.5, 0.6) is 0 Å². The van der Waals surface area contributed by atoms with Gasteiger partial charge in [-0.15, -0.1) is 0 Å². The zero-order chi connectivity index (χ0) is 14.0. The second-order valence-corrected chi connectivity index (χ2v) is 5.55. The summed E-state index contributed by atoms with van der Waals surface area (Å²) in [5.74, 6) is -0.931. The Balaban J connectivity index is 2.26. The first kappa shape index (κ1) is 13.1. The number of carboxylic acid groups (broad SMARTS) is 1. The molecule has 1 heterocycles. The second kappa shape index (κ2) is 4.73. The molecule has 0 amide bonds. The molecule has 0 saturated carbocycles. The number of carbonyl (C=O) groups is 1. The maximum atomic E-state index is 12.0. The minimum absolute atomic E-state index is 0.0227. The van der Waals surface area contributed by atoms with Crippen LogP contribution in [0.4, 0.5) is 5.82 Å². The lowest BCUT2D eigenvalue weighted by Crippen LogP contribution is -2.13. The van der Waals surface area contributed by atoms with Crippen LogP contribution in [-0.2, 0) is 10.0 Å². The fourth-order valence-electron chi connectivity index (χ4n) is 1.44. The molecule has 0 bridgehead atoms. The number of aromatic nitrogens is 2. The Labute approximate surface area is 109 Å². The van der Waals surface area contributed by atoms with Crippen LogP contribution >= 0.6 is 0 Å². The Morgan fingerprint density at radius 3 is 2.42 bits per heavy atom. The third-order valence-corrected chi connectivity index (χ3v) is 3.73. The molecule has 2 aromatic rings. The van der Waals surface area contributed by atoms with Crippen molar-refractivity contribution in [2.45, 2.75) is 11.8 Å². The van der Waals surface area contributed by atoms with Crippen LogP contribution in [0, 0.1) is 6.92 Å². The van der Waals surface area contributed by atoms with Gasteiger partial charge in [-0.1, -0.05) is 0 Å². The SMILES string of the molecule is Cc1cc(NS(=O)(=O)c2ccc(C(=O)O)cc2)n[nH]1. The quantitative estimate of drug-likeness (QED) is 0.780. The van der Waals surface area contributed by atoms with Gasteiger partial charge < -0.3 is 5.11 Å². The third kappa shape index (κ3) is 2.91. The molecule has 1 aromatic carbocycles. The van der Waals surface area contributed by atoms with Crippen LogP contribution < -0.4 is 4.72 Å². The van der Waals surface area contributed by atoms with E-state index in [1.54, 1.807) is 13.0 Å². The van der Waals surface area contributed by atoms with Gasteiger partial charge in [-0.2, -0.15) is 5.10 Å². The van der Waals surface area contributed by atoms with Crippen LogP contribution in [0.3, 0.4) is 0 Å². The van der Waals surface area contributed by atoms with E-state index in [-0.39, 0.29) is 16.3 Å². The van der Waals surface area contributed by atoms with E-state index in [1.165, 1.54) is 24.3 Å². The van der Waals surface area contributed by atoms with E-state index in [1.807, 2.05) is 0 Å². The largest absolute Gasteiger partial charge is 0.478 e. The number of hydrogen-bond donors (Lipinski definition) is 3. The number of sulfonamides is 1. The van der Waals surface area contributed by atoms with Gasteiger partial charge in [0.05, 0.1) is 10.5 Å². The summed E-state index contributed by atoms with van der Waals surface area (Å²) in [6.45, 7) is 1.74. The van der Waals surface area contributed by atoms with Crippen LogP contribution in [0.25, 0.3) is 0 Å². The van der Waals surface area contributed by atoms with Crippen LogP contribution in [0.2, 0.25) is 0 Å². The first-order valence-corrected chi connectivity index (χ1v) is 6.75. The Hall–Kier alpha value is -2.35. The van der Waals surface area contributed by atoms with Gasteiger partial charge in [0, 0.05) is 11.8 Å². The molecule has 0 atom stereocenters. The number of hydrogen-bond acceptors (Lipinski definition) is 4. The molecule has 0 unspecified atom stereocenters. The number of anilines is 1. The van der Waals surface area contributed by atoms with Gasteiger partial charge in [0.1, 0.15) is 0 Å². The van der Waals surface area contributed by atoms with E-state index in [0.29, 0.717) is 0 Å². The van der Waals surface area contributed by atoms with Crippen molar-refractivity contribution in [2.24, 2.45) is 0 Å². The lowest BCUT2D eigenvalue weighted by Gasteiger charge is -2.05. The van der Waals surface area contributed by atoms with E-state index >= 15 is 0 Å². The van der Waals surface area contributed by atoms with Gasteiger partial charge in [-0.3, -0.25) is 9.82 Å². The maximum Gasteiger partial charge on any atom is 0.335 e. The van der Waals surface area contributed by atoms with E-state index in [9.17, 15) is 13.2 Å². The molecule has 0 aliphatic heterocycles. The molecule has 8 heteroatoms. The van der Waals surface area contributed by atoms with E-state index in [0.717, 1.165) is 5.69 Å². The molecule has 0 spiro atoms. The van der Waals surface area contributed by atoms with Crippen LogP contribution in [0.15, 0.2) is 35.2 Å². The van der Waals surface area contributed by atoms with Crippen molar-refractivity contribution in [3.63, 3.8) is 0 Å². The molecule has 3 N–H and O–H groups in total. The van der Waals surface area contributed by atoms with Crippen molar-refractivity contribution < 1.29 is 18.3 Å². The van der Waals surface area contributed by atoms with E-state index in [4.69, 9.17) is 5.11 Å². The number of rotatable bonds is 4. The number of nitrogens with zero attached hydrogens (tertiary/aromatic N) is 1. The van der Waals surface area contributed by atoms with Crippen molar-refractivity contribution in [1.29, 1.82) is 0 Å². The lowest BCUT2D eigenvalue weighted by molar-refractivity contribution is 0.0697. The predicted molar refractivity (Wildman–Crippen MR) is 67.5 cm³/mol. The van der Waals surface area contributed by atoms with Crippen molar-refractivity contribution in [3.05, 3.63) is 41.6 Å². The minimum atomic E-state index is -3.77. The topological polar surface area (TPSA) is 112 Å². The van der Waals surface area contributed by atoms with E-state index < -0.39 is 16.0 Å². The molecule has 0 fully saturated rings. The van der Waals surface area contributed by atoms with Crippen molar-refractivity contribution >= 4 is 21.8 Å². The fraction of sp³-hybridized carbons (Fsp3) is 0.0909. The van der Waals surface area contributed by atoms with Crippen molar-refractivity contribution in [3.8, 4) is 0 Å². The monoisotopic (exact) mass is 281 g/mol. The molecule has 1 aromatic heterocycles. The standard InChI is InChI=1S/C11H11N3O4S/c1-7-6-10(13-12-7)14-19(17,18)9-4-2-8(3-5-9)11(15)16/h2-6H,1H3,(H,15,16)(H2,12,13,14). The highest BCUT2D eigenvalue weighted by Gasteiger charge is 2.16. The predicted octanol–water partition coefficient (Wildman–Crippen LogP) is 1.22. The summed E-state index contributed by atoms with van der Waals surface area (Å²) in [7, 11) is -3.77. The molecule has 100 valence electrons. The number of nitrogens with one attached hydrogen (secondary N) is 2. The van der Waals surface area contributed by atoms with E-state index in [2.05, 4.69) is 14.9 Å². The Kier molecular flexibility index (Phi) is 3.26. The maximum absolute atomic E-state index is 12.0. The highest BCUT2D eigenvalue weighted by molar-refractivity contribution is 7.92. The Morgan fingerprint density at radius 2 is 1.95 bits per heavy atom. The van der Waals surface area contributed by atoms with Crippen LogP contribution in [0.1, 0.15) is 16.1 Å². The fourth-order valence-corrected chi connectivity index (χ4v) is 2.44. The summed E-state index contributed by atoms with van der Waals surface area (Å²) in [4.78, 5) is 10.6. The average Bonchev–Trinajstić information content (AvgIpc) is 2.74. The Morgan fingerprint density at radius 1 is 1.32 bits per heavy atom. The number of H-pyrrole nitrogens is 1. The van der Waals surface area contributed by atoms with Gasteiger partial charge in [0.2, 0.25) is 0 Å². The smallest absolute Gasteiger partial charge is 0.335 e. The van der Waals surface area contributed by atoms with Gasteiger partial charge in [0.25, 0.3) is 10.0 Å². The van der Waals surface area contributed by atoms with Gasteiger partial charge >= 0.3 is 5.97 Å². The minimum Gasteiger partial charge on any atom is -0.478 e. The summed E-state index contributed by atoms with van der Waals surface area (Å²) in [5.41, 5.74) is 0.744. The summed E-state index contributed by atoms with van der Waals surface area (Å²) in [5, 5.41) is 15.1. The molecule has 0 aliphatic carbocycles. The molecule has 19 heavy (non-hydrogen) atoms. The highest BCUT2D eigenvalue weighted by atomic mass is 32.2.